The number of amides is 1. The van der Waals surface area contributed by atoms with E-state index in [1.54, 1.807) is 0 Å². The summed E-state index contributed by atoms with van der Waals surface area (Å²) in [5.41, 5.74) is 4.37. The third kappa shape index (κ3) is 5.09. The van der Waals surface area contributed by atoms with Gasteiger partial charge in [-0.2, -0.15) is 5.10 Å². The Morgan fingerprint density at radius 3 is 2.74 bits per heavy atom. The van der Waals surface area contributed by atoms with Crippen molar-refractivity contribution in [3.05, 3.63) is 51.8 Å². The molecule has 146 valence electrons. The number of nitrogens with zero attached hydrogens (tertiary/aromatic N) is 3. The summed E-state index contributed by atoms with van der Waals surface area (Å²) in [5.74, 6) is 0.189. The number of aromatic nitrogens is 2. The Bertz CT molecular complexity index is 784. The number of hydrogen-bond donors (Lipinski definition) is 1. The molecule has 0 bridgehead atoms. The van der Waals surface area contributed by atoms with Crippen LogP contribution in [0.4, 0.5) is 0 Å². The highest BCUT2D eigenvalue weighted by Crippen LogP contribution is 2.19. The molecule has 2 heterocycles. The van der Waals surface area contributed by atoms with Gasteiger partial charge in [0.05, 0.1) is 25.5 Å². The molecule has 1 aliphatic rings. The lowest BCUT2D eigenvalue weighted by Crippen LogP contribution is -2.41. The minimum absolute atomic E-state index is 0.189. The fourth-order valence-electron chi connectivity index (χ4n) is 3.31. The van der Waals surface area contributed by atoms with Crippen LogP contribution in [-0.4, -0.2) is 53.4 Å². The molecule has 1 amide bonds. The molecule has 1 N–H and O–H groups in total. The molecule has 1 fully saturated rings. The Kier molecular flexibility index (Phi) is 6.88. The summed E-state index contributed by atoms with van der Waals surface area (Å²) in [5, 5.41) is 8.80. The largest absolute Gasteiger partial charge is 0.378 e. The number of ether oxygens (including phenoxy) is 1. The summed E-state index contributed by atoms with van der Waals surface area (Å²) in [4.78, 5) is 14.1. The lowest BCUT2D eigenvalue weighted by atomic mass is 10.2. The molecule has 6 nitrogen and oxygen atoms in total. The van der Waals surface area contributed by atoms with Crippen molar-refractivity contribution in [1.82, 2.24) is 20.0 Å². The van der Waals surface area contributed by atoms with Crippen LogP contribution in [0.5, 0.6) is 0 Å². The minimum atomic E-state index is 0.189. The van der Waals surface area contributed by atoms with Gasteiger partial charge in [-0.25, -0.2) is 0 Å². The van der Waals surface area contributed by atoms with Crippen molar-refractivity contribution >= 4 is 17.5 Å². The number of morpholine rings is 1. The molecule has 0 saturated carbocycles. The van der Waals surface area contributed by atoms with Crippen molar-refractivity contribution in [2.75, 3.05) is 32.8 Å². The quantitative estimate of drug-likeness (QED) is 0.738. The predicted molar refractivity (Wildman–Crippen MR) is 106 cm³/mol. The van der Waals surface area contributed by atoms with E-state index in [4.69, 9.17) is 16.3 Å². The highest BCUT2D eigenvalue weighted by atomic mass is 35.5. The van der Waals surface area contributed by atoms with Gasteiger partial charge in [-0.15, -0.1) is 0 Å². The van der Waals surface area contributed by atoms with Gasteiger partial charge in [-0.1, -0.05) is 29.8 Å². The summed E-state index contributed by atoms with van der Waals surface area (Å²) in [6.07, 6.45) is 0.506. The monoisotopic (exact) mass is 390 g/mol. The average Bonchev–Trinajstić information content (AvgIpc) is 2.94. The van der Waals surface area contributed by atoms with Crippen molar-refractivity contribution in [2.45, 2.75) is 33.4 Å². The third-order valence-corrected chi connectivity index (χ3v) is 5.36. The number of aryl methyl sites for hydroxylation is 1. The van der Waals surface area contributed by atoms with E-state index in [2.05, 4.69) is 17.3 Å². The van der Waals surface area contributed by atoms with E-state index < -0.39 is 0 Å². The van der Waals surface area contributed by atoms with Crippen LogP contribution >= 0.6 is 11.6 Å². The summed E-state index contributed by atoms with van der Waals surface area (Å²) in [6.45, 7) is 8.80. The molecular weight excluding hydrogens is 364 g/mol. The van der Waals surface area contributed by atoms with Crippen molar-refractivity contribution in [3.8, 4) is 0 Å². The molecule has 3 rings (SSSR count). The summed E-state index contributed by atoms with van der Waals surface area (Å²) in [6, 6.07) is 7.84. The van der Waals surface area contributed by atoms with Crippen molar-refractivity contribution in [1.29, 1.82) is 0 Å². The summed E-state index contributed by atoms with van der Waals surface area (Å²) in [7, 11) is 0. The number of nitrogens with one attached hydrogen (secondary N) is 1. The normalized spacial score (nSPS) is 14.6. The van der Waals surface area contributed by atoms with Crippen LogP contribution in [0.3, 0.4) is 0 Å². The Balaban J connectivity index is 1.52. The zero-order valence-electron chi connectivity index (χ0n) is 16.0. The molecule has 7 heteroatoms. The predicted octanol–water partition coefficient (Wildman–Crippen LogP) is 2.54. The van der Waals surface area contributed by atoms with Gasteiger partial charge in [0, 0.05) is 48.9 Å². The Labute approximate surface area is 165 Å². The van der Waals surface area contributed by atoms with E-state index >= 15 is 0 Å². The third-order valence-electron chi connectivity index (χ3n) is 4.99. The Morgan fingerprint density at radius 1 is 1.26 bits per heavy atom. The van der Waals surface area contributed by atoms with Crippen LogP contribution in [0.1, 0.15) is 28.9 Å². The lowest BCUT2D eigenvalue weighted by molar-refractivity contribution is -0.135. The molecular formula is C20H27ClN4O2. The Hall–Kier alpha value is -1.89. The van der Waals surface area contributed by atoms with Gasteiger partial charge >= 0.3 is 0 Å². The van der Waals surface area contributed by atoms with Gasteiger partial charge in [0.25, 0.3) is 0 Å². The fourth-order valence-corrected chi connectivity index (χ4v) is 3.51. The van der Waals surface area contributed by atoms with E-state index in [1.165, 1.54) is 5.56 Å². The van der Waals surface area contributed by atoms with E-state index in [1.807, 2.05) is 40.8 Å². The first-order chi connectivity index (χ1) is 13.1. The second kappa shape index (κ2) is 9.35. The molecule has 0 unspecified atom stereocenters. The second-order valence-corrected chi connectivity index (χ2v) is 7.23. The van der Waals surface area contributed by atoms with E-state index in [0.29, 0.717) is 52.4 Å². The number of halogens is 1. The topological polar surface area (TPSA) is 59.4 Å². The number of benzene rings is 1. The SMILES string of the molecule is Cc1nn(Cc2ccccc2Cl)c(C)c1CNCCC(=O)N1CCOCC1. The van der Waals surface area contributed by atoms with Crippen LogP contribution in [0, 0.1) is 13.8 Å². The first kappa shape index (κ1) is 19.9. The van der Waals surface area contributed by atoms with Gasteiger partial charge < -0.3 is 15.0 Å². The van der Waals surface area contributed by atoms with Crippen molar-refractivity contribution in [3.63, 3.8) is 0 Å². The van der Waals surface area contributed by atoms with Crippen LogP contribution in [0.2, 0.25) is 5.02 Å². The van der Waals surface area contributed by atoms with Crippen LogP contribution < -0.4 is 5.32 Å². The maximum absolute atomic E-state index is 12.2. The Morgan fingerprint density at radius 2 is 2.00 bits per heavy atom. The number of hydrogen-bond acceptors (Lipinski definition) is 4. The fraction of sp³-hybridized carbons (Fsp3) is 0.500. The van der Waals surface area contributed by atoms with Gasteiger partial charge in [0.2, 0.25) is 5.91 Å². The zero-order valence-corrected chi connectivity index (χ0v) is 16.8. The average molecular weight is 391 g/mol. The number of carbonyl (C=O) groups is 1. The zero-order chi connectivity index (χ0) is 19.2. The highest BCUT2D eigenvalue weighted by molar-refractivity contribution is 6.31. The summed E-state index contributed by atoms with van der Waals surface area (Å²) < 4.78 is 7.28. The molecule has 1 saturated heterocycles. The van der Waals surface area contributed by atoms with Crippen LogP contribution in [-0.2, 0) is 22.6 Å². The number of carbonyl (C=O) groups excluding carboxylic acids is 1. The molecule has 0 aliphatic carbocycles. The van der Waals surface area contributed by atoms with Crippen molar-refractivity contribution in [2.24, 2.45) is 0 Å². The van der Waals surface area contributed by atoms with Crippen LogP contribution in [0.25, 0.3) is 0 Å². The standard InChI is InChI=1S/C20H27ClN4O2/c1-15-18(13-22-8-7-20(26)24-9-11-27-12-10-24)16(2)25(23-15)14-17-5-3-4-6-19(17)21/h3-6,22H,7-14H2,1-2H3. The minimum Gasteiger partial charge on any atom is -0.378 e. The van der Waals surface area contributed by atoms with Gasteiger partial charge in [0.15, 0.2) is 0 Å². The first-order valence-electron chi connectivity index (χ1n) is 9.39. The molecule has 1 aliphatic heterocycles. The van der Waals surface area contributed by atoms with Crippen LogP contribution in [0.15, 0.2) is 24.3 Å². The maximum Gasteiger partial charge on any atom is 0.224 e. The maximum atomic E-state index is 12.2. The van der Waals surface area contributed by atoms with E-state index in [-0.39, 0.29) is 5.91 Å². The molecule has 27 heavy (non-hydrogen) atoms. The second-order valence-electron chi connectivity index (χ2n) is 6.82. The first-order valence-corrected chi connectivity index (χ1v) is 9.76. The van der Waals surface area contributed by atoms with E-state index in [9.17, 15) is 4.79 Å². The van der Waals surface area contributed by atoms with Crippen molar-refractivity contribution < 1.29 is 9.53 Å². The van der Waals surface area contributed by atoms with Gasteiger partial charge in [-0.3, -0.25) is 9.48 Å². The molecule has 1 aromatic carbocycles. The summed E-state index contributed by atoms with van der Waals surface area (Å²) >= 11 is 6.27. The molecule has 1 aromatic heterocycles. The smallest absolute Gasteiger partial charge is 0.224 e. The molecule has 2 aromatic rings. The molecule has 0 radical (unpaired) electrons. The highest BCUT2D eigenvalue weighted by Gasteiger charge is 2.16. The van der Waals surface area contributed by atoms with E-state index in [0.717, 1.165) is 22.0 Å². The molecule has 0 atom stereocenters. The van der Waals surface area contributed by atoms with Gasteiger partial charge in [-0.05, 0) is 25.5 Å². The van der Waals surface area contributed by atoms with Gasteiger partial charge in [0.1, 0.15) is 0 Å². The molecule has 0 spiro atoms. The number of rotatable bonds is 7. The lowest BCUT2D eigenvalue weighted by Gasteiger charge is -2.26.